The fourth-order valence-electron chi connectivity index (χ4n) is 3.02. The lowest BCUT2D eigenvalue weighted by molar-refractivity contribution is -0.284. The summed E-state index contributed by atoms with van der Waals surface area (Å²) < 4.78 is 48.5. The number of allylic oxidation sites excluding steroid dienone is 1. The summed E-state index contributed by atoms with van der Waals surface area (Å²) >= 11 is 5.98. The van der Waals surface area contributed by atoms with Crippen LogP contribution in [0.2, 0.25) is 5.02 Å². The molecule has 1 fully saturated rings. The number of rotatable bonds is 4. The summed E-state index contributed by atoms with van der Waals surface area (Å²) in [4.78, 5) is 13.7. The van der Waals surface area contributed by atoms with E-state index in [0.29, 0.717) is 12.8 Å². The fraction of sp³-hybridized carbons (Fsp3) is 0.500. The minimum Gasteiger partial charge on any atom is -0.355 e. The minimum absolute atomic E-state index is 0.0667. The Hall–Kier alpha value is -1.73. The van der Waals surface area contributed by atoms with E-state index in [2.05, 4.69) is 5.32 Å². The maximum Gasteiger partial charge on any atom is 0.423 e. The zero-order valence-corrected chi connectivity index (χ0v) is 15.2. The van der Waals surface area contributed by atoms with E-state index in [0.717, 1.165) is 5.57 Å². The number of ether oxygens (including phenoxy) is 1. The predicted molar refractivity (Wildman–Crippen MR) is 93.3 cm³/mol. The van der Waals surface area contributed by atoms with Crippen molar-refractivity contribution in [1.82, 2.24) is 4.90 Å². The molecule has 0 saturated heterocycles. The molecule has 1 heterocycles. The molecule has 1 atom stereocenters. The van der Waals surface area contributed by atoms with Crippen molar-refractivity contribution in [2.75, 3.05) is 18.5 Å². The van der Waals surface area contributed by atoms with Crippen LogP contribution in [0.25, 0.3) is 0 Å². The van der Waals surface area contributed by atoms with Gasteiger partial charge in [-0.25, -0.2) is 4.79 Å². The van der Waals surface area contributed by atoms with Crippen molar-refractivity contribution in [1.29, 1.82) is 0 Å². The molecule has 1 aromatic carbocycles. The Bertz CT molecular complexity index is 742. The van der Waals surface area contributed by atoms with Crippen LogP contribution in [-0.2, 0) is 10.3 Å². The number of nitrogens with one attached hydrogen (secondary N) is 1. The molecular weight excluding hydrogens is 369 g/mol. The highest BCUT2D eigenvalue weighted by Crippen LogP contribution is 2.49. The van der Waals surface area contributed by atoms with Gasteiger partial charge >= 0.3 is 12.2 Å². The van der Waals surface area contributed by atoms with Gasteiger partial charge in [0.05, 0.1) is 13.2 Å². The monoisotopic (exact) mass is 388 g/mol. The van der Waals surface area contributed by atoms with Gasteiger partial charge in [-0.05, 0) is 44.9 Å². The first-order valence-corrected chi connectivity index (χ1v) is 8.73. The van der Waals surface area contributed by atoms with Crippen molar-refractivity contribution in [2.24, 2.45) is 0 Å². The first kappa shape index (κ1) is 19.0. The van der Waals surface area contributed by atoms with Gasteiger partial charge in [0.2, 0.25) is 5.60 Å². The Morgan fingerprint density at radius 1 is 1.42 bits per heavy atom. The summed E-state index contributed by atoms with van der Waals surface area (Å²) in [5.74, 6) is 0. The van der Waals surface area contributed by atoms with Crippen molar-refractivity contribution in [3.8, 4) is 0 Å². The number of anilines is 1. The molecule has 2 aliphatic rings. The molecule has 1 aliphatic carbocycles. The van der Waals surface area contributed by atoms with Crippen LogP contribution in [0.3, 0.4) is 0 Å². The first-order valence-electron chi connectivity index (χ1n) is 8.36. The van der Waals surface area contributed by atoms with Crippen LogP contribution in [0.1, 0.15) is 32.3 Å². The highest BCUT2D eigenvalue weighted by Gasteiger charge is 2.61. The number of urea groups is 1. The largest absolute Gasteiger partial charge is 0.423 e. The van der Waals surface area contributed by atoms with E-state index in [9.17, 15) is 18.0 Å². The molecule has 3 rings (SSSR count). The summed E-state index contributed by atoms with van der Waals surface area (Å²) in [6, 6.07) is 3.31. The maximum atomic E-state index is 14.3. The van der Waals surface area contributed by atoms with Gasteiger partial charge in [-0.1, -0.05) is 23.3 Å². The van der Waals surface area contributed by atoms with Gasteiger partial charge in [0, 0.05) is 22.3 Å². The Labute approximate surface area is 154 Å². The Morgan fingerprint density at radius 2 is 2.12 bits per heavy atom. The van der Waals surface area contributed by atoms with Gasteiger partial charge < -0.3 is 15.0 Å². The average Bonchev–Trinajstić information content (AvgIpc) is 3.35. The molecular formula is C18H20ClF3N2O2. The van der Waals surface area contributed by atoms with Crippen LogP contribution in [0.5, 0.6) is 0 Å². The highest BCUT2D eigenvalue weighted by atomic mass is 35.5. The van der Waals surface area contributed by atoms with E-state index in [1.807, 2.05) is 0 Å². The second-order valence-corrected chi connectivity index (χ2v) is 7.33. The van der Waals surface area contributed by atoms with Gasteiger partial charge in [0.25, 0.3) is 0 Å². The standard InChI is InChI=1S/C18H20ClF3N2O2/c1-11(2)7-8-26-17(18(20,21)22)10-24(13-4-5-13)16(25)23-15-6-3-12(19)9-14(15)17/h3,6-7,9,13H,4-5,8,10H2,1-2H3,(H,23,25)/t17-/m1/s1. The molecule has 142 valence electrons. The molecule has 26 heavy (non-hydrogen) atoms. The molecule has 8 heteroatoms. The highest BCUT2D eigenvalue weighted by molar-refractivity contribution is 6.30. The first-order chi connectivity index (χ1) is 12.1. The summed E-state index contributed by atoms with van der Waals surface area (Å²) in [5.41, 5.74) is -1.91. The molecule has 0 unspecified atom stereocenters. The number of carbonyl (C=O) groups excluding carboxylic acids is 1. The van der Waals surface area contributed by atoms with Crippen LogP contribution in [0.4, 0.5) is 23.7 Å². The third-order valence-corrected chi connectivity index (χ3v) is 4.81. The van der Waals surface area contributed by atoms with Gasteiger partial charge in [-0.15, -0.1) is 0 Å². The van der Waals surface area contributed by atoms with Crippen molar-refractivity contribution >= 4 is 23.3 Å². The molecule has 1 N–H and O–H groups in total. The number of halogens is 4. The zero-order chi connectivity index (χ0) is 19.1. The summed E-state index contributed by atoms with van der Waals surface area (Å²) in [7, 11) is 0. The molecule has 1 aliphatic heterocycles. The molecule has 0 bridgehead atoms. The maximum absolute atomic E-state index is 14.3. The molecule has 0 radical (unpaired) electrons. The molecule has 2 amide bonds. The van der Waals surface area contributed by atoms with Crippen molar-refractivity contribution in [2.45, 2.75) is 44.5 Å². The second-order valence-electron chi connectivity index (χ2n) is 6.90. The van der Waals surface area contributed by atoms with Gasteiger partial charge in [-0.2, -0.15) is 13.2 Å². The van der Waals surface area contributed by atoms with Gasteiger partial charge in [0.15, 0.2) is 0 Å². The number of alkyl halides is 3. The van der Waals surface area contributed by atoms with Crippen LogP contribution in [0, 0.1) is 0 Å². The van der Waals surface area contributed by atoms with Crippen LogP contribution in [-0.4, -0.2) is 36.3 Å². The number of nitrogens with zero attached hydrogens (tertiary/aromatic N) is 1. The number of hydrogen-bond acceptors (Lipinski definition) is 2. The number of amides is 2. The molecule has 4 nitrogen and oxygen atoms in total. The Kier molecular flexibility index (Phi) is 4.96. The lowest BCUT2D eigenvalue weighted by atomic mass is 9.90. The number of carbonyl (C=O) groups is 1. The number of hydrogen-bond donors (Lipinski definition) is 1. The van der Waals surface area contributed by atoms with E-state index < -0.39 is 24.4 Å². The molecule has 1 saturated carbocycles. The van der Waals surface area contributed by atoms with Crippen LogP contribution < -0.4 is 5.32 Å². The van der Waals surface area contributed by atoms with Gasteiger partial charge in [0.1, 0.15) is 0 Å². The molecule has 0 spiro atoms. The number of benzene rings is 1. The lowest BCUT2D eigenvalue weighted by Crippen LogP contribution is -2.53. The molecule has 0 aromatic heterocycles. The van der Waals surface area contributed by atoms with E-state index in [-0.39, 0.29) is 28.9 Å². The normalized spacial score (nSPS) is 23.2. The van der Waals surface area contributed by atoms with E-state index in [1.165, 1.54) is 23.1 Å². The van der Waals surface area contributed by atoms with E-state index >= 15 is 0 Å². The minimum atomic E-state index is -4.73. The van der Waals surface area contributed by atoms with Crippen molar-refractivity contribution in [3.63, 3.8) is 0 Å². The number of fused-ring (bicyclic) bond motifs is 1. The average molecular weight is 389 g/mol. The Balaban J connectivity index is 2.14. The topological polar surface area (TPSA) is 41.6 Å². The fourth-order valence-corrected chi connectivity index (χ4v) is 3.19. The third kappa shape index (κ3) is 3.55. The smallest absolute Gasteiger partial charge is 0.355 e. The molecule has 1 aromatic rings. The SMILES string of the molecule is CC(C)=CCO[C@]1(C(F)(F)F)CN(C2CC2)C(=O)Nc2ccc(Cl)cc21. The van der Waals surface area contributed by atoms with E-state index in [4.69, 9.17) is 16.3 Å². The van der Waals surface area contributed by atoms with Crippen molar-refractivity contribution < 1.29 is 22.7 Å². The summed E-state index contributed by atoms with van der Waals surface area (Å²) in [5, 5.41) is 2.73. The van der Waals surface area contributed by atoms with Crippen molar-refractivity contribution in [3.05, 3.63) is 40.4 Å². The summed E-state index contributed by atoms with van der Waals surface area (Å²) in [6.45, 7) is 2.74. The third-order valence-electron chi connectivity index (χ3n) is 4.58. The predicted octanol–water partition coefficient (Wildman–Crippen LogP) is 5.09. The lowest BCUT2D eigenvalue weighted by Gasteiger charge is -2.38. The second kappa shape index (κ2) is 6.78. The van der Waals surface area contributed by atoms with Crippen LogP contribution >= 0.6 is 11.6 Å². The zero-order valence-electron chi connectivity index (χ0n) is 14.5. The van der Waals surface area contributed by atoms with Gasteiger partial charge in [-0.3, -0.25) is 0 Å². The van der Waals surface area contributed by atoms with E-state index in [1.54, 1.807) is 19.9 Å². The quantitative estimate of drug-likeness (QED) is 0.730. The van der Waals surface area contributed by atoms with Crippen LogP contribution in [0.15, 0.2) is 29.8 Å². The summed E-state index contributed by atoms with van der Waals surface area (Å²) in [6.07, 6.45) is -1.78. The Morgan fingerprint density at radius 3 is 2.69 bits per heavy atom.